The quantitative estimate of drug-likeness (QED) is 0.722. The highest BCUT2D eigenvalue weighted by molar-refractivity contribution is 5.93. The van der Waals surface area contributed by atoms with E-state index in [4.69, 9.17) is 14.8 Å². The van der Waals surface area contributed by atoms with Gasteiger partial charge in [0.1, 0.15) is 5.69 Å². The number of hydrogen-bond donors (Lipinski definition) is 1. The Bertz CT molecular complexity index is 373. The van der Waals surface area contributed by atoms with Crippen molar-refractivity contribution in [1.82, 2.24) is 0 Å². The van der Waals surface area contributed by atoms with Gasteiger partial charge >= 0.3 is 5.97 Å². The van der Waals surface area contributed by atoms with E-state index in [2.05, 4.69) is 0 Å². The van der Waals surface area contributed by atoms with Crippen LogP contribution in [-0.2, 0) is 9.68 Å². The molecule has 0 fully saturated rings. The molecule has 0 atom stereocenters. The molecule has 0 aromatic heterocycles. The van der Waals surface area contributed by atoms with Gasteiger partial charge in [-0.25, -0.2) is 14.5 Å². The zero-order valence-electron chi connectivity index (χ0n) is 10.8. The molecule has 18 heavy (non-hydrogen) atoms. The number of carboxylic acids is 1. The van der Waals surface area contributed by atoms with Crippen molar-refractivity contribution in [2.45, 2.75) is 26.7 Å². The summed E-state index contributed by atoms with van der Waals surface area (Å²) >= 11 is 0. The molecular formula is C13H19NO4. The fourth-order valence-electron chi connectivity index (χ4n) is 1.34. The van der Waals surface area contributed by atoms with Gasteiger partial charge in [-0.3, -0.25) is 0 Å². The molecule has 0 saturated heterocycles. The molecule has 0 aliphatic rings. The summed E-state index contributed by atoms with van der Waals surface area (Å²) in [5, 5.41) is 10.3. The zero-order chi connectivity index (χ0) is 13.4. The Hall–Kier alpha value is -1.59. The Morgan fingerprint density at radius 1 is 1.17 bits per heavy atom. The minimum absolute atomic E-state index is 0.157. The molecule has 1 rings (SSSR count). The topological polar surface area (TPSA) is 59.0 Å². The maximum Gasteiger partial charge on any atom is 0.337 e. The first-order valence-corrected chi connectivity index (χ1v) is 6.09. The lowest BCUT2D eigenvalue weighted by atomic mass is 10.2. The highest BCUT2D eigenvalue weighted by atomic mass is 16.9. The number of rotatable bonds is 8. The number of aromatic carboxylic acids is 1. The third kappa shape index (κ3) is 4.01. The van der Waals surface area contributed by atoms with E-state index in [9.17, 15) is 4.79 Å². The largest absolute Gasteiger partial charge is 0.478 e. The van der Waals surface area contributed by atoms with Crippen LogP contribution >= 0.6 is 0 Å². The van der Waals surface area contributed by atoms with Crippen molar-refractivity contribution >= 4 is 11.7 Å². The normalized spacial score (nSPS) is 10.3. The van der Waals surface area contributed by atoms with Gasteiger partial charge in [-0.15, -0.1) is 5.23 Å². The summed E-state index contributed by atoms with van der Waals surface area (Å²) in [5.74, 6) is -1.00. The van der Waals surface area contributed by atoms with Crippen molar-refractivity contribution in [3.8, 4) is 0 Å². The second kappa shape index (κ2) is 7.68. The van der Waals surface area contributed by atoms with E-state index in [1.165, 1.54) is 11.3 Å². The highest BCUT2D eigenvalue weighted by Gasteiger charge is 2.16. The Morgan fingerprint density at radius 2 is 1.72 bits per heavy atom. The molecule has 0 bridgehead atoms. The van der Waals surface area contributed by atoms with Gasteiger partial charge < -0.3 is 5.11 Å². The lowest BCUT2D eigenvalue weighted by Gasteiger charge is -2.23. The van der Waals surface area contributed by atoms with Crippen LogP contribution in [0.2, 0.25) is 0 Å². The van der Waals surface area contributed by atoms with Crippen LogP contribution < -0.4 is 5.23 Å². The first kappa shape index (κ1) is 14.5. The molecule has 0 radical (unpaired) electrons. The average Bonchev–Trinajstić information content (AvgIpc) is 2.39. The summed E-state index contributed by atoms with van der Waals surface area (Å²) in [6.45, 7) is 4.89. The summed E-state index contributed by atoms with van der Waals surface area (Å²) in [6, 6.07) is 6.61. The second-order valence-corrected chi connectivity index (χ2v) is 3.75. The third-order valence-electron chi connectivity index (χ3n) is 2.16. The first-order chi connectivity index (χ1) is 8.70. The lowest BCUT2D eigenvalue weighted by molar-refractivity contribution is -0.0896. The maximum absolute atomic E-state index is 11.1. The average molecular weight is 253 g/mol. The Morgan fingerprint density at radius 3 is 2.22 bits per heavy atom. The van der Waals surface area contributed by atoms with Gasteiger partial charge in [0.15, 0.2) is 0 Å². The van der Waals surface area contributed by atoms with Gasteiger partial charge in [0.2, 0.25) is 0 Å². The summed E-state index contributed by atoms with van der Waals surface area (Å²) in [5.41, 5.74) is 0.566. The fourth-order valence-corrected chi connectivity index (χ4v) is 1.34. The van der Waals surface area contributed by atoms with E-state index in [0.29, 0.717) is 18.9 Å². The number of hydrogen-bond acceptors (Lipinski definition) is 4. The van der Waals surface area contributed by atoms with Crippen LogP contribution in [0.5, 0.6) is 0 Å². The molecule has 0 spiro atoms. The summed E-state index contributed by atoms with van der Waals surface area (Å²) < 4.78 is 0. The van der Waals surface area contributed by atoms with Crippen molar-refractivity contribution < 1.29 is 19.6 Å². The number of nitrogens with zero attached hydrogens (tertiary/aromatic N) is 1. The molecule has 100 valence electrons. The van der Waals surface area contributed by atoms with Crippen LogP contribution in [0.4, 0.5) is 5.69 Å². The number of anilines is 1. The molecule has 0 aliphatic heterocycles. The number of carbonyl (C=O) groups is 1. The number of benzene rings is 1. The smallest absolute Gasteiger partial charge is 0.337 e. The molecule has 0 heterocycles. The van der Waals surface area contributed by atoms with Crippen molar-refractivity contribution in [3.63, 3.8) is 0 Å². The van der Waals surface area contributed by atoms with Crippen LogP contribution in [0.15, 0.2) is 24.3 Å². The highest BCUT2D eigenvalue weighted by Crippen LogP contribution is 2.21. The molecule has 1 N–H and O–H groups in total. The maximum atomic E-state index is 11.1. The molecule has 5 heteroatoms. The van der Waals surface area contributed by atoms with Gasteiger partial charge in [0, 0.05) is 0 Å². The van der Waals surface area contributed by atoms with Crippen molar-refractivity contribution in [2.75, 3.05) is 18.4 Å². The Balaban J connectivity index is 2.92. The van der Waals surface area contributed by atoms with Gasteiger partial charge in [0.05, 0.1) is 18.8 Å². The van der Waals surface area contributed by atoms with E-state index in [0.717, 1.165) is 12.8 Å². The molecule has 5 nitrogen and oxygen atoms in total. The van der Waals surface area contributed by atoms with Gasteiger partial charge in [-0.1, -0.05) is 26.0 Å². The monoisotopic (exact) mass is 253 g/mol. The van der Waals surface area contributed by atoms with Gasteiger partial charge in [-0.2, -0.15) is 0 Å². The summed E-state index contributed by atoms with van der Waals surface area (Å²) in [6.07, 6.45) is 1.64. The molecule has 1 aromatic rings. The van der Waals surface area contributed by atoms with Gasteiger partial charge in [-0.05, 0) is 25.0 Å². The summed E-state index contributed by atoms with van der Waals surface area (Å²) in [4.78, 5) is 22.0. The Labute approximate surface area is 107 Å². The first-order valence-electron chi connectivity index (χ1n) is 6.09. The van der Waals surface area contributed by atoms with E-state index in [1.54, 1.807) is 18.2 Å². The minimum Gasteiger partial charge on any atom is -0.478 e. The third-order valence-corrected chi connectivity index (χ3v) is 2.16. The second-order valence-electron chi connectivity index (χ2n) is 3.75. The zero-order valence-corrected chi connectivity index (χ0v) is 10.8. The summed E-state index contributed by atoms with van der Waals surface area (Å²) in [7, 11) is 0. The standard InChI is InChI=1S/C13H19NO4/c1-3-9-17-14(18-10-4-2)12-8-6-5-7-11(12)13(15)16/h5-8H,3-4,9-10H2,1-2H3,(H,15,16). The van der Waals surface area contributed by atoms with E-state index < -0.39 is 5.97 Å². The van der Waals surface area contributed by atoms with Crippen LogP contribution in [0, 0.1) is 0 Å². The van der Waals surface area contributed by atoms with Crippen LogP contribution in [-0.4, -0.2) is 24.3 Å². The van der Waals surface area contributed by atoms with Crippen LogP contribution in [0.1, 0.15) is 37.0 Å². The molecule has 0 saturated carbocycles. The van der Waals surface area contributed by atoms with Crippen LogP contribution in [0.3, 0.4) is 0 Å². The van der Waals surface area contributed by atoms with Crippen molar-refractivity contribution in [3.05, 3.63) is 29.8 Å². The molecule has 0 amide bonds. The van der Waals surface area contributed by atoms with E-state index >= 15 is 0 Å². The van der Waals surface area contributed by atoms with E-state index in [1.807, 2.05) is 13.8 Å². The minimum atomic E-state index is -1.00. The lowest BCUT2D eigenvalue weighted by Crippen LogP contribution is -2.26. The molecule has 0 unspecified atom stereocenters. The molecular weight excluding hydrogens is 234 g/mol. The van der Waals surface area contributed by atoms with Gasteiger partial charge in [0.25, 0.3) is 0 Å². The Kier molecular flexibility index (Phi) is 6.18. The van der Waals surface area contributed by atoms with Crippen molar-refractivity contribution in [2.24, 2.45) is 0 Å². The molecule has 0 aliphatic carbocycles. The molecule has 1 aromatic carbocycles. The van der Waals surface area contributed by atoms with E-state index in [-0.39, 0.29) is 5.56 Å². The fraction of sp³-hybridized carbons (Fsp3) is 0.462. The number of carboxylic acid groups (broad SMARTS) is 1. The predicted octanol–water partition coefficient (Wildman–Crippen LogP) is 2.87. The van der Waals surface area contributed by atoms with Crippen LogP contribution in [0.25, 0.3) is 0 Å². The number of para-hydroxylation sites is 1. The predicted molar refractivity (Wildman–Crippen MR) is 68.4 cm³/mol. The van der Waals surface area contributed by atoms with Crippen molar-refractivity contribution in [1.29, 1.82) is 0 Å². The SMILES string of the molecule is CCCON(OCCC)c1ccccc1C(=O)O.